The Kier molecular flexibility index (Phi) is 6.16. The maximum atomic E-state index is 5.13. The van der Waals surface area contributed by atoms with E-state index in [1.54, 1.807) is 6.20 Å². The fourth-order valence-electron chi connectivity index (χ4n) is 7.41. The summed E-state index contributed by atoms with van der Waals surface area (Å²) in [7, 11) is 0. The Morgan fingerprint density at radius 1 is 0.468 bits per heavy atom. The van der Waals surface area contributed by atoms with Crippen molar-refractivity contribution in [1.82, 2.24) is 15.0 Å². The lowest BCUT2D eigenvalue weighted by atomic mass is 9.81. The molecular formula is C44H31N3. The molecule has 0 saturated carbocycles. The summed E-state index contributed by atoms with van der Waals surface area (Å²) in [6.07, 6.45) is 3.65. The fraction of sp³-hybridized carbons (Fsp3) is 0.0682. The van der Waals surface area contributed by atoms with Gasteiger partial charge in [0.2, 0.25) is 0 Å². The third kappa shape index (κ3) is 4.39. The topological polar surface area (TPSA) is 38.7 Å². The van der Waals surface area contributed by atoms with Crippen molar-refractivity contribution in [2.24, 2.45) is 0 Å². The second-order valence-corrected chi connectivity index (χ2v) is 12.9. The van der Waals surface area contributed by atoms with Crippen molar-refractivity contribution in [3.8, 4) is 56.2 Å². The van der Waals surface area contributed by atoms with E-state index in [9.17, 15) is 0 Å². The van der Waals surface area contributed by atoms with E-state index in [4.69, 9.17) is 9.97 Å². The second-order valence-electron chi connectivity index (χ2n) is 12.9. The van der Waals surface area contributed by atoms with E-state index in [2.05, 4.69) is 128 Å². The lowest BCUT2D eigenvalue weighted by Crippen LogP contribution is -2.15. The van der Waals surface area contributed by atoms with Crippen LogP contribution in [0.5, 0.6) is 0 Å². The van der Waals surface area contributed by atoms with E-state index in [1.165, 1.54) is 49.5 Å². The molecule has 0 bridgehead atoms. The SMILES string of the molecule is CC1(C)c2cc(-c3ccc(-c4cc(-c5cccnc5)nc(-c5ccccc5)n4)c4ccccc34)ccc2-c2c1ccc1ccccc21. The molecule has 3 nitrogen and oxygen atoms in total. The van der Waals surface area contributed by atoms with Gasteiger partial charge >= 0.3 is 0 Å². The summed E-state index contributed by atoms with van der Waals surface area (Å²) in [6.45, 7) is 4.72. The van der Waals surface area contributed by atoms with Crippen LogP contribution in [0.2, 0.25) is 0 Å². The van der Waals surface area contributed by atoms with Crippen molar-refractivity contribution in [2.45, 2.75) is 19.3 Å². The number of rotatable bonds is 4. The standard InChI is InChI=1S/C44H31N3/c1-44(2)38-23-19-28-11-6-7-15-33(28)42(38)37-20-18-30(25-39(37)44)32-21-22-36(35-17-9-8-16-34(32)35)41-26-40(31-14-10-24-45-27-31)46-43(47-41)29-12-4-3-5-13-29/h3-27H,1-2H3. The molecule has 3 heteroatoms. The van der Waals surface area contributed by atoms with Crippen LogP contribution in [0.15, 0.2) is 152 Å². The van der Waals surface area contributed by atoms with Crippen LogP contribution >= 0.6 is 0 Å². The first-order valence-corrected chi connectivity index (χ1v) is 16.1. The van der Waals surface area contributed by atoms with Crippen molar-refractivity contribution >= 4 is 21.5 Å². The molecule has 9 rings (SSSR count). The van der Waals surface area contributed by atoms with E-state index < -0.39 is 0 Å². The number of benzene rings is 6. The summed E-state index contributed by atoms with van der Waals surface area (Å²) in [5.41, 5.74) is 12.6. The Labute approximate surface area is 274 Å². The van der Waals surface area contributed by atoms with Crippen LogP contribution in [-0.2, 0) is 5.41 Å². The molecule has 2 heterocycles. The van der Waals surface area contributed by atoms with Crippen molar-refractivity contribution in [3.63, 3.8) is 0 Å². The van der Waals surface area contributed by atoms with Gasteiger partial charge in [0.25, 0.3) is 0 Å². The van der Waals surface area contributed by atoms with Gasteiger partial charge in [-0.3, -0.25) is 4.98 Å². The minimum absolute atomic E-state index is 0.0993. The van der Waals surface area contributed by atoms with Crippen molar-refractivity contribution < 1.29 is 0 Å². The van der Waals surface area contributed by atoms with Crippen LogP contribution in [0.25, 0.3) is 77.7 Å². The highest BCUT2D eigenvalue weighted by molar-refractivity contribution is 6.06. The van der Waals surface area contributed by atoms with Gasteiger partial charge < -0.3 is 0 Å². The van der Waals surface area contributed by atoms with Gasteiger partial charge in [-0.05, 0) is 79.2 Å². The number of hydrogen-bond donors (Lipinski definition) is 0. The molecule has 2 aromatic heterocycles. The Morgan fingerprint density at radius 3 is 1.96 bits per heavy atom. The van der Waals surface area contributed by atoms with Gasteiger partial charge in [0.05, 0.1) is 11.4 Å². The molecular weight excluding hydrogens is 571 g/mol. The number of pyridine rings is 1. The lowest BCUT2D eigenvalue weighted by molar-refractivity contribution is 0.661. The number of nitrogens with zero attached hydrogens (tertiary/aromatic N) is 3. The summed E-state index contributed by atoms with van der Waals surface area (Å²) in [5, 5.41) is 4.97. The van der Waals surface area contributed by atoms with Crippen molar-refractivity contribution in [2.75, 3.05) is 0 Å². The van der Waals surface area contributed by atoms with E-state index in [-0.39, 0.29) is 5.41 Å². The van der Waals surface area contributed by atoms with Crippen LogP contribution in [-0.4, -0.2) is 15.0 Å². The summed E-state index contributed by atoms with van der Waals surface area (Å²) >= 11 is 0. The molecule has 0 aliphatic heterocycles. The van der Waals surface area contributed by atoms with Gasteiger partial charge in [-0.2, -0.15) is 0 Å². The van der Waals surface area contributed by atoms with Crippen molar-refractivity contribution in [3.05, 3.63) is 163 Å². The molecule has 1 aliphatic rings. The molecule has 6 aromatic carbocycles. The molecule has 0 amide bonds. The maximum Gasteiger partial charge on any atom is 0.160 e. The molecule has 0 unspecified atom stereocenters. The number of aromatic nitrogens is 3. The highest BCUT2D eigenvalue weighted by Gasteiger charge is 2.36. The largest absolute Gasteiger partial charge is 0.264 e. The third-order valence-corrected chi connectivity index (χ3v) is 9.79. The minimum Gasteiger partial charge on any atom is -0.264 e. The molecule has 47 heavy (non-hydrogen) atoms. The highest BCUT2D eigenvalue weighted by atomic mass is 14.9. The maximum absolute atomic E-state index is 5.13. The van der Waals surface area contributed by atoms with Crippen LogP contribution in [0.4, 0.5) is 0 Å². The smallest absolute Gasteiger partial charge is 0.160 e. The summed E-state index contributed by atoms with van der Waals surface area (Å²) in [6, 6.07) is 49.8. The first-order chi connectivity index (χ1) is 23.1. The van der Waals surface area contributed by atoms with E-state index >= 15 is 0 Å². The molecule has 0 saturated heterocycles. The zero-order valence-corrected chi connectivity index (χ0v) is 26.3. The fourth-order valence-corrected chi connectivity index (χ4v) is 7.41. The Bertz CT molecular complexity index is 2420. The van der Waals surface area contributed by atoms with Crippen LogP contribution in [0.1, 0.15) is 25.0 Å². The average Bonchev–Trinajstić information content (AvgIpc) is 3.37. The lowest BCUT2D eigenvalue weighted by Gasteiger charge is -2.22. The highest BCUT2D eigenvalue weighted by Crippen LogP contribution is 2.52. The molecule has 222 valence electrons. The first kappa shape index (κ1) is 27.4. The van der Waals surface area contributed by atoms with Crippen LogP contribution < -0.4 is 0 Å². The summed E-state index contributed by atoms with van der Waals surface area (Å²) < 4.78 is 0. The molecule has 0 N–H and O–H groups in total. The predicted octanol–water partition coefficient (Wildman–Crippen LogP) is 11.2. The Hall–Kier alpha value is -5.93. The molecule has 0 spiro atoms. The van der Waals surface area contributed by atoms with Gasteiger partial charge in [0, 0.05) is 34.5 Å². The van der Waals surface area contributed by atoms with Gasteiger partial charge in [-0.25, -0.2) is 9.97 Å². The Morgan fingerprint density at radius 2 is 1.15 bits per heavy atom. The average molecular weight is 602 g/mol. The van der Waals surface area contributed by atoms with Gasteiger partial charge in [0.15, 0.2) is 5.82 Å². The quantitative estimate of drug-likeness (QED) is 0.201. The number of hydrogen-bond acceptors (Lipinski definition) is 3. The second kappa shape index (κ2) is 10.6. The predicted molar refractivity (Wildman–Crippen MR) is 194 cm³/mol. The van der Waals surface area contributed by atoms with Gasteiger partial charge in [-0.15, -0.1) is 0 Å². The Balaban J connectivity index is 1.21. The summed E-state index contributed by atoms with van der Waals surface area (Å²) in [5.74, 6) is 0.697. The van der Waals surface area contributed by atoms with E-state index in [0.717, 1.165) is 33.5 Å². The molecule has 0 fully saturated rings. The molecule has 0 atom stereocenters. The van der Waals surface area contributed by atoms with E-state index in [0.29, 0.717) is 5.82 Å². The third-order valence-electron chi connectivity index (χ3n) is 9.79. The van der Waals surface area contributed by atoms with Crippen LogP contribution in [0.3, 0.4) is 0 Å². The van der Waals surface area contributed by atoms with Gasteiger partial charge in [0.1, 0.15) is 0 Å². The van der Waals surface area contributed by atoms with E-state index in [1.807, 2.05) is 36.5 Å². The molecule has 1 aliphatic carbocycles. The zero-order chi connectivity index (χ0) is 31.5. The van der Waals surface area contributed by atoms with Crippen LogP contribution in [0, 0.1) is 0 Å². The first-order valence-electron chi connectivity index (χ1n) is 16.1. The monoisotopic (exact) mass is 601 g/mol. The molecule has 8 aromatic rings. The van der Waals surface area contributed by atoms with Gasteiger partial charge in [-0.1, -0.05) is 129 Å². The zero-order valence-electron chi connectivity index (χ0n) is 26.3. The minimum atomic E-state index is -0.0993. The molecule has 0 radical (unpaired) electrons. The van der Waals surface area contributed by atoms with Crippen molar-refractivity contribution in [1.29, 1.82) is 0 Å². The summed E-state index contributed by atoms with van der Waals surface area (Å²) in [4.78, 5) is 14.5. The number of fused-ring (bicyclic) bond motifs is 6. The normalized spacial score (nSPS) is 13.1.